The van der Waals surface area contributed by atoms with Crippen molar-refractivity contribution in [3.63, 3.8) is 0 Å². The number of nitro benzene ring substituents is 2. The Morgan fingerprint density at radius 1 is 1.11 bits per heavy atom. The quantitative estimate of drug-likeness (QED) is 0.623. The molecule has 2 rings (SSSR count). The molecule has 0 aliphatic carbocycles. The van der Waals surface area contributed by atoms with Crippen LogP contribution >= 0.6 is 0 Å². The van der Waals surface area contributed by atoms with Crippen LogP contribution in [0.25, 0.3) is 10.8 Å². The number of rotatable bonds is 4. The van der Waals surface area contributed by atoms with Crippen molar-refractivity contribution in [2.45, 2.75) is 6.92 Å². The molecule has 0 aliphatic heterocycles. The standard InChI is InChI=1S/C12H10N2O5/c1-2-19-10-7-6-8-4-3-5-9(13(15)16)11(8)12(10)14(17)18/h3-7H,2H2,1H3. The van der Waals surface area contributed by atoms with Crippen LogP contribution in [-0.2, 0) is 0 Å². The van der Waals surface area contributed by atoms with Gasteiger partial charge in [0.05, 0.1) is 16.5 Å². The van der Waals surface area contributed by atoms with Crippen molar-refractivity contribution in [2.75, 3.05) is 6.61 Å². The van der Waals surface area contributed by atoms with Gasteiger partial charge in [-0.1, -0.05) is 12.1 Å². The molecule has 19 heavy (non-hydrogen) atoms. The van der Waals surface area contributed by atoms with Gasteiger partial charge in [0.2, 0.25) is 0 Å². The number of nitrogens with zero attached hydrogens (tertiary/aromatic N) is 2. The number of fused-ring (bicyclic) bond motifs is 1. The fourth-order valence-electron chi connectivity index (χ4n) is 1.93. The number of non-ortho nitro benzene ring substituents is 1. The zero-order chi connectivity index (χ0) is 14.0. The van der Waals surface area contributed by atoms with Gasteiger partial charge in [-0.3, -0.25) is 20.2 Å². The number of hydrogen-bond donors (Lipinski definition) is 0. The third-order valence-corrected chi connectivity index (χ3v) is 2.64. The van der Waals surface area contributed by atoms with Crippen LogP contribution in [0.1, 0.15) is 6.92 Å². The molecule has 0 spiro atoms. The topological polar surface area (TPSA) is 95.5 Å². The molecule has 7 nitrogen and oxygen atoms in total. The lowest BCUT2D eigenvalue weighted by Crippen LogP contribution is -2.00. The Morgan fingerprint density at radius 2 is 1.84 bits per heavy atom. The van der Waals surface area contributed by atoms with Crippen LogP contribution in [-0.4, -0.2) is 16.5 Å². The summed E-state index contributed by atoms with van der Waals surface area (Å²) in [6.45, 7) is 1.93. The summed E-state index contributed by atoms with van der Waals surface area (Å²) in [6.07, 6.45) is 0. The Hall–Kier alpha value is -2.70. The third kappa shape index (κ3) is 2.17. The van der Waals surface area contributed by atoms with Gasteiger partial charge in [-0.05, 0) is 24.4 Å². The van der Waals surface area contributed by atoms with Crippen LogP contribution in [0.4, 0.5) is 11.4 Å². The maximum absolute atomic E-state index is 11.2. The van der Waals surface area contributed by atoms with Crippen LogP contribution in [0, 0.1) is 20.2 Å². The number of nitro groups is 2. The molecule has 0 aromatic heterocycles. The molecule has 0 fully saturated rings. The minimum atomic E-state index is -0.652. The van der Waals surface area contributed by atoms with Gasteiger partial charge in [0.15, 0.2) is 5.75 Å². The summed E-state index contributed by atoms with van der Waals surface area (Å²) in [5, 5.41) is 22.6. The van der Waals surface area contributed by atoms with Gasteiger partial charge in [0.1, 0.15) is 5.39 Å². The summed E-state index contributed by atoms with van der Waals surface area (Å²) < 4.78 is 5.18. The molecule has 2 aromatic rings. The molecular formula is C12H10N2O5. The van der Waals surface area contributed by atoms with Gasteiger partial charge in [-0.15, -0.1) is 0 Å². The maximum Gasteiger partial charge on any atom is 0.325 e. The lowest BCUT2D eigenvalue weighted by Gasteiger charge is -2.07. The average molecular weight is 262 g/mol. The minimum Gasteiger partial charge on any atom is -0.487 e. The third-order valence-electron chi connectivity index (χ3n) is 2.64. The van der Waals surface area contributed by atoms with E-state index in [-0.39, 0.29) is 29.1 Å². The number of benzene rings is 2. The minimum absolute atomic E-state index is 0.0107. The summed E-state index contributed by atoms with van der Waals surface area (Å²) in [6, 6.07) is 7.34. The zero-order valence-corrected chi connectivity index (χ0v) is 10.0. The summed E-state index contributed by atoms with van der Waals surface area (Å²) in [4.78, 5) is 20.9. The predicted molar refractivity (Wildman–Crippen MR) is 68.4 cm³/mol. The highest BCUT2D eigenvalue weighted by atomic mass is 16.6. The number of ether oxygens (including phenoxy) is 1. The first-order valence-corrected chi connectivity index (χ1v) is 5.53. The van der Waals surface area contributed by atoms with Gasteiger partial charge in [-0.2, -0.15) is 0 Å². The van der Waals surface area contributed by atoms with Crippen LogP contribution in [0.2, 0.25) is 0 Å². The van der Waals surface area contributed by atoms with E-state index in [1.54, 1.807) is 19.1 Å². The summed E-state index contributed by atoms with van der Waals surface area (Å²) in [5.74, 6) is 0.0364. The summed E-state index contributed by atoms with van der Waals surface area (Å²) in [7, 11) is 0. The second-order valence-corrected chi connectivity index (χ2v) is 3.73. The normalized spacial score (nSPS) is 10.4. The van der Waals surface area contributed by atoms with Crippen molar-refractivity contribution < 1.29 is 14.6 Å². The van der Waals surface area contributed by atoms with Crippen molar-refractivity contribution in [3.8, 4) is 5.75 Å². The van der Waals surface area contributed by atoms with E-state index in [0.717, 1.165) is 0 Å². The Kier molecular flexibility index (Phi) is 3.28. The van der Waals surface area contributed by atoms with Crippen LogP contribution in [0.3, 0.4) is 0 Å². The van der Waals surface area contributed by atoms with Crippen molar-refractivity contribution >= 4 is 22.1 Å². The van der Waals surface area contributed by atoms with E-state index in [2.05, 4.69) is 0 Å². The highest BCUT2D eigenvalue weighted by Crippen LogP contribution is 2.40. The maximum atomic E-state index is 11.2. The van der Waals surface area contributed by atoms with Gasteiger partial charge < -0.3 is 4.74 Å². The Balaban J connectivity index is 2.89. The molecule has 0 unspecified atom stereocenters. The van der Waals surface area contributed by atoms with E-state index in [0.29, 0.717) is 5.39 Å². The van der Waals surface area contributed by atoms with E-state index in [9.17, 15) is 20.2 Å². The van der Waals surface area contributed by atoms with Gasteiger partial charge in [-0.25, -0.2) is 0 Å². The Morgan fingerprint density at radius 3 is 2.42 bits per heavy atom. The van der Waals surface area contributed by atoms with E-state index in [4.69, 9.17) is 4.74 Å². The first-order valence-electron chi connectivity index (χ1n) is 5.53. The molecule has 0 atom stereocenters. The molecule has 0 heterocycles. The first-order chi connectivity index (χ1) is 9.06. The molecular weight excluding hydrogens is 252 g/mol. The van der Waals surface area contributed by atoms with E-state index < -0.39 is 9.85 Å². The molecule has 0 amide bonds. The zero-order valence-electron chi connectivity index (χ0n) is 10.0. The van der Waals surface area contributed by atoms with Crippen LogP contribution < -0.4 is 4.74 Å². The highest BCUT2D eigenvalue weighted by molar-refractivity contribution is 6.00. The molecule has 0 radical (unpaired) electrons. The van der Waals surface area contributed by atoms with Gasteiger partial charge >= 0.3 is 5.69 Å². The summed E-state index contributed by atoms with van der Waals surface area (Å²) >= 11 is 0. The van der Waals surface area contributed by atoms with Crippen LogP contribution in [0.15, 0.2) is 30.3 Å². The second-order valence-electron chi connectivity index (χ2n) is 3.73. The molecule has 0 aliphatic rings. The molecule has 0 N–H and O–H groups in total. The summed E-state index contributed by atoms with van der Waals surface area (Å²) in [5.41, 5.74) is -0.669. The van der Waals surface area contributed by atoms with Crippen LogP contribution in [0.5, 0.6) is 5.75 Å². The SMILES string of the molecule is CCOc1ccc2cccc([N+](=O)[O-])c2c1[N+](=O)[O-]. The van der Waals surface area contributed by atoms with E-state index in [1.165, 1.54) is 18.2 Å². The Labute approximate surface area is 107 Å². The number of hydrogen-bond acceptors (Lipinski definition) is 5. The molecule has 98 valence electrons. The lowest BCUT2D eigenvalue weighted by atomic mass is 10.1. The largest absolute Gasteiger partial charge is 0.487 e. The smallest absolute Gasteiger partial charge is 0.325 e. The molecule has 0 bridgehead atoms. The predicted octanol–water partition coefficient (Wildman–Crippen LogP) is 3.05. The van der Waals surface area contributed by atoms with Crippen molar-refractivity contribution in [2.24, 2.45) is 0 Å². The lowest BCUT2D eigenvalue weighted by molar-refractivity contribution is -0.390. The van der Waals surface area contributed by atoms with Gasteiger partial charge in [0.25, 0.3) is 5.69 Å². The molecule has 7 heteroatoms. The van der Waals surface area contributed by atoms with E-state index >= 15 is 0 Å². The molecule has 0 saturated heterocycles. The van der Waals surface area contributed by atoms with Crippen molar-refractivity contribution in [3.05, 3.63) is 50.6 Å². The van der Waals surface area contributed by atoms with Gasteiger partial charge in [0, 0.05) is 6.07 Å². The van der Waals surface area contributed by atoms with Crippen molar-refractivity contribution in [1.29, 1.82) is 0 Å². The fourth-order valence-corrected chi connectivity index (χ4v) is 1.93. The Bertz CT molecular complexity index is 668. The molecule has 0 saturated carbocycles. The average Bonchev–Trinajstić information content (AvgIpc) is 2.37. The first kappa shape index (κ1) is 12.7. The second kappa shape index (κ2) is 4.89. The molecule has 2 aromatic carbocycles. The fraction of sp³-hybridized carbons (Fsp3) is 0.167. The van der Waals surface area contributed by atoms with Crippen molar-refractivity contribution in [1.82, 2.24) is 0 Å². The van der Waals surface area contributed by atoms with E-state index in [1.807, 2.05) is 0 Å². The monoisotopic (exact) mass is 262 g/mol. The highest BCUT2D eigenvalue weighted by Gasteiger charge is 2.26.